The molecule has 152 valence electrons. The Kier molecular flexibility index (Phi) is 7.40. The lowest BCUT2D eigenvalue weighted by Gasteiger charge is -2.13. The smallest absolute Gasteiger partial charge is 0.303 e. The molecule has 0 spiro atoms. The van der Waals surface area contributed by atoms with Gasteiger partial charge in [-0.25, -0.2) is 0 Å². The van der Waals surface area contributed by atoms with E-state index in [4.69, 9.17) is 44.9 Å². The monoisotopic (exact) mass is 469 g/mol. The summed E-state index contributed by atoms with van der Waals surface area (Å²) in [6.07, 6.45) is 3.81. The predicted molar refractivity (Wildman–Crippen MR) is 120 cm³/mol. The number of benzene rings is 1. The molecule has 9 heteroatoms. The zero-order valence-electron chi connectivity index (χ0n) is 15.2. The number of carbonyl (C=O) groups is 2. The Balaban J connectivity index is 1.65. The maximum Gasteiger partial charge on any atom is 0.303 e. The van der Waals surface area contributed by atoms with Crippen LogP contribution in [-0.4, -0.2) is 32.7 Å². The summed E-state index contributed by atoms with van der Waals surface area (Å²) in [4.78, 5) is 25.2. The molecule has 3 rings (SSSR count). The van der Waals surface area contributed by atoms with Crippen LogP contribution >= 0.6 is 47.2 Å². The molecule has 0 bridgehead atoms. The Morgan fingerprint density at radius 2 is 2.00 bits per heavy atom. The number of thiocarbonyl (C=S) groups is 1. The second kappa shape index (κ2) is 9.80. The highest BCUT2D eigenvalue weighted by Crippen LogP contribution is 2.35. The van der Waals surface area contributed by atoms with Gasteiger partial charge in [-0.1, -0.05) is 53.6 Å². The Morgan fingerprint density at radius 1 is 1.21 bits per heavy atom. The van der Waals surface area contributed by atoms with E-state index in [1.807, 2.05) is 0 Å². The van der Waals surface area contributed by atoms with Crippen LogP contribution in [0.25, 0.3) is 17.4 Å². The van der Waals surface area contributed by atoms with Gasteiger partial charge >= 0.3 is 5.97 Å². The highest BCUT2D eigenvalue weighted by Gasteiger charge is 2.31. The summed E-state index contributed by atoms with van der Waals surface area (Å²) in [5.41, 5.74) is 0.713. The lowest BCUT2D eigenvalue weighted by Crippen LogP contribution is -2.29. The molecule has 0 unspecified atom stereocenters. The van der Waals surface area contributed by atoms with Crippen LogP contribution in [0.1, 0.15) is 31.4 Å². The van der Waals surface area contributed by atoms with Gasteiger partial charge in [-0.2, -0.15) is 0 Å². The van der Waals surface area contributed by atoms with Crippen LogP contribution in [0.15, 0.2) is 39.7 Å². The molecular formula is C20H17Cl2NO4S2. The third kappa shape index (κ3) is 5.63. The van der Waals surface area contributed by atoms with Crippen molar-refractivity contribution in [2.75, 3.05) is 6.54 Å². The molecule has 1 aromatic carbocycles. The van der Waals surface area contributed by atoms with E-state index < -0.39 is 5.97 Å². The van der Waals surface area contributed by atoms with Crippen LogP contribution in [0.5, 0.6) is 0 Å². The number of rotatable bonds is 8. The van der Waals surface area contributed by atoms with Gasteiger partial charge in [-0.3, -0.25) is 14.5 Å². The number of hydrogen-bond donors (Lipinski definition) is 1. The molecule has 0 aliphatic carbocycles. The van der Waals surface area contributed by atoms with Crippen LogP contribution in [0, 0.1) is 0 Å². The van der Waals surface area contributed by atoms with Crippen molar-refractivity contribution >= 4 is 69.5 Å². The molecule has 1 saturated heterocycles. The van der Waals surface area contributed by atoms with E-state index >= 15 is 0 Å². The lowest BCUT2D eigenvalue weighted by atomic mass is 10.2. The number of unbranched alkanes of at least 4 members (excludes halogenated alkanes) is 2. The molecule has 2 heterocycles. The predicted octanol–water partition coefficient (Wildman–Crippen LogP) is 6.10. The Labute approximate surface area is 187 Å². The SMILES string of the molecule is O=C(O)CCCCCN1C(=O)C(=Cc2ccc(-c3ccc(Cl)cc3Cl)o2)SC1=S. The van der Waals surface area contributed by atoms with E-state index in [0.29, 0.717) is 55.7 Å². The number of carboxylic acid groups (broad SMARTS) is 1. The third-order valence-corrected chi connectivity index (χ3v) is 6.17. The first-order chi connectivity index (χ1) is 13.8. The number of hydrogen-bond acceptors (Lipinski definition) is 5. The molecule has 29 heavy (non-hydrogen) atoms. The summed E-state index contributed by atoms with van der Waals surface area (Å²) < 4.78 is 6.31. The maximum atomic E-state index is 12.6. The summed E-state index contributed by atoms with van der Waals surface area (Å²) in [7, 11) is 0. The molecule has 2 aromatic rings. The molecule has 1 fully saturated rings. The molecule has 1 N–H and O–H groups in total. The average molecular weight is 470 g/mol. The lowest BCUT2D eigenvalue weighted by molar-refractivity contribution is -0.137. The number of furan rings is 1. The van der Waals surface area contributed by atoms with Gasteiger partial charge in [0.15, 0.2) is 0 Å². The van der Waals surface area contributed by atoms with E-state index in [0.717, 1.165) is 6.42 Å². The molecule has 1 aliphatic heterocycles. The number of carbonyl (C=O) groups excluding carboxylic acids is 1. The summed E-state index contributed by atoms with van der Waals surface area (Å²) in [6, 6.07) is 8.69. The Morgan fingerprint density at radius 3 is 2.72 bits per heavy atom. The van der Waals surface area contributed by atoms with Gasteiger partial charge in [0.25, 0.3) is 5.91 Å². The van der Waals surface area contributed by atoms with Gasteiger partial charge in [0.1, 0.15) is 15.8 Å². The molecular weight excluding hydrogens is 453 g/mol. The zero-order chi connectivity index (χ0) is 21.0. The van der Waals surface area contributed by atoms with Gasteiger partial charge in [-0.05, 0) is 43.2 Å². The minimum atomic E-state index is -0.809. The quantitative estimate of drug-likeness (QED) is 0.286. The molecule has 1 aromatic heterocycles. The summed E-state index contributed by atoms with van der Waals surface area (Å²) in [6.45, 7) is 0.478. The topological polar surface area (TPSA) is 70.8 Å². The van der Waals surface area contributed by atoms with Crippen molar-refractivity contribution < 1.29 is 19.1 Å². The second-order valence-corrected chi connectivity index (χ2v) is 8.88. The average Bonchev–Trinajstić information content (AvgIpc) is 3.21. The molecule has 1 amide bonds. The normalized spacial score (nSPS) is 15.5. The van der Waals surface area contributed by atoms with Crippen molar-refractivity contribution in [2.24, 2.45) is 0 Å². The van der Waals surface area contributed by atoms with Gasteiger partial charge in [-0.15, -0.1) is 0 Å². The van der Waals surface area contributed by atoms with Crippen molar-refractivity contribution in [1.29, 1.82) is 0 Å². The first-order valence-electron chi connectivity index (χ1n) is 8.87. The molecule has 0 radical (unpaired) electrons. The number of aliphatic carboxylic acids is 1. The van der Waals surface area contributed by atoms with E-state index in [1.54, 1.807) is 41.3 Å². The van der Waals surface area contributed by atoms with Gasteiger partial charge in [0.2, 0.25) is 0 Å². The van der Waals surface area contributed by atoms with E-state index in [9.17, 15) is 9.59 Å². The zero-order valence-corrected chi connectivity index (χ0v) is 18.3. The Bertz CT molecular complexity index is 987. The van der Waals surface area contributed by atoms with Crippen LogP contribution < -0.4 is 0 Å². The minimum Gasteiger partial charge on any atom is -0.481 e. The van der Waals surface area contributed by atoms with Crippen LogP contribution in [0.4, 0.5) is 0 Å². The third-order valence-electron chi connectivity index (χ3n) is 4.24. The summed E-state index contributed by atoms with van der Waals surface area (Å²) >= 11 is 18.7. The van der Waals surface area contributed by atoms with Crippen molar-refractivity contribution in [3.8, 4) is 11.3 Å². The fourth-order valence-corrected chi connectivity index (χ4v) is 4.60. The summed E-state index contributed by atoms with van der Waals surface area (Å²) in [5.74, 6) is 0.122. The molecule has 1 aliphatic rings. The maximum absolute atomic E-state index is 12.6. The standard InChI is InChI=1S/C20H17Cl2NO4S2/c21-12-5-7-14(15(22)10-12)16-8-6-13(27-16)11-17-19(26)23(20(28)29-17)9-3-1-2-4-18(24)25/h5-8,10-11H,1-4,9H2,(H,24,25). The second-order valence-electron chi connectivity index (χ2n) is 6.36. The highest BCUT2D eigenvalue weighted by atomic mass is 35.5. The number of nitrogens with zero attached hydrogens (tertiary/aromatic N) is 1. The minimum absolute atomic E-state index is 0.136. The fraction of sp³-hybridized carbons (Fsp3) is 0.250. The fourth-order valence-electron chi connectivity index (χ4n) is 2.81. The first-order valence-corrected chi connectivity index (χ1v) is 10.9. The highest BCUT2D eigenvalue weighted by molar-refractivity contribution is 8.26. The Hall–Kier alpha value is -1.80. The first kappa shape index (κ1) is 21.9. The number of halogens is 2. The molecule has 0 atom stereocenters. The van der Waals surface area contributed by atoms with Gasteiger partial charge in [0.05, 0.1) is 9.93 Å². The van der Waals surface area contributed by atoms with E-state index in [1.165, 1.54) is 11.8 Å². The van der Waals surface area contributed by atoms with Crippen LogP contribution in [-0.2, 0) is 9.59 Å². The van der Waals surface area contributed by atoms with Gasteiger partial charge in [0, 0.05) is 29.6 Å². The van der Waals surface area contributed by atoms with E-state index in [-0.39, 0.29) is 12.3 Å². The van der Waals surface area contributed by atoms with E-state index in [2.05, 4.69) is 0 Å². The number of thioether (sulfide) groups is 1. The number of amides is 1. The van der Waals surface area contributed by atoms with Crippen molar-refractivity contribution in [2.45, 2.75) is 25.7 Å². The van der Waals surface area contributed by atoms with Crippen molar-refractivity contribution in [1.82, 2.24) is 4.90 Å². The molecule has 5 nitrogen and oxygen atoms in total. The number of carboxylic acids is 1. The van der Waals surface area contributed by atoms with Crippen LogP contribution in [0.2, 0.25) is 10.0 Å². The van der Waals surface area contributed by atoms with Crippen molar-refractivity contribution in [3.05, 3.63) is 51.0 Å². The van der Waals surface area contributed by atoms with Crippen LogP contribution in [0.3, 0.4) is 0 Å². The van der Waals surface area contributed by atoms with Gasteiger partial charge < -0.3 is 9.52 Å². The summed E-state index contributed by atoms with van der Waals surface area (Å²) in [5, 5.41) is 9.69. The van der Waals surface area contributed by atoms with Crippen molar-refractivity contribution in [3.63, 3.8) is 0 Å². The molecule has 0 saturated carbocycles. The largest absolute Gasteiger partial charge is 0.481 e.